The number of nitrogens with one attached hydrogen (secondary N) is 2. The molecule has 0 radical (unpaired) electrons. The summed E-state index contributed by atoms with van der Waals surface area (Å²) in [6.45, 7) is 4.79. The minimum Gasteiger partial charge on any atom is -0.467 e. The van der Waals surface area contributed by atoms with Crippen LogP contribution >= 0.6 is 0 Å². The Hall–Kier alpha value is -1.10. The number of rotatable bonds is 3. The van der Waals surface area contributed by atoms with E-state index in [1.54, 1.807) is 6.92 Å². The van der Waals surface area contributed by atoms with Crippen molar-refractivity contribution in [2.24, 2.45) is 5.41 Å². The highest BCUT2D eigenvalue weighted by atomic mass is 16.5. The van der Waals surface area contributed by atoms with Gasteiger partial charge in [0.05, 0.1) is 12.5 Å². The molecule has 0 bridgehead atoms. The zero-order valence-electron chi connectivity index (χ0n) is 8.72. The molecule has 1 amide bonds. The van der Waals surface area contributed by atoms with Gasteiger partial charge in [-0.2, -0.15) is 0 Å². The lowest BCUT2D eigenvalue weighted by Gasteiger charge is -2.38. The minimum atomic E-state index is -0.579. The molecule has 1 atom stereocenters. The molecule has 0 aromatic heterocycles. The predicted octanol–water partition coefficient (Wildman–Crippen LogP) is -0.726. The Kier molecular flexibility index (Phi) is 3.10. The molecular formula is C9H16N2O3. The number of hydrogen-bond acceptors (Lipinski definition) is 4. The molecule has 1 aliphatic rings. The molecule has 1 rings (SSSR count). The van der Waals surface area contributed by atoms with Crippen LogP contribution in [-0.4, -0.2) is 38.1 Å². The Bertz CT molecular complexity index is 248. The lowest BCUT2D eigenvalue weighted by molar-refractivity contribution is -0.146. The number of esters is 1. The fourth-order valence-corrected chi connectivity index (χ4v) is 1.27. The van der Waals surface area contributed by atoms with Crippen molar-refractivity contribution >= 4 is 11.9 Å². The van der Waals surface area contributed by atoms with E-state index in [-0.39, 0.29) is 11.3 Å². The van der Waals surface area contributed by atoms with Crippen LogP contribution in [0, 0.1) is 5.41 Å². The lowest BCUT2D eigenvalue weighted by atomic mass is 9.83. The molecule has 0 saturated carbocycles. The molecule has 0 aliphatic carbocycles. The van der Waals surface area contributed by atoms with E-state index in [2.05, 4.69) is 15.4 Å². The Balaban J connectivity index is 2.44. The van der Waals surface area contributed by atoms with Crippen LogP contribution in [0.3, 0.4) is 0 Å². The standard InChI is InChI=1S/C9H16N2O3/c1-6(7(12)14-3)11-8(13)9(2)4-10-5-9/h6,10H,4-5H2,1-3H3,(H,11,13)/t6-/m1/s1. The molecule has 0 spiro atoms. The molecule has 0 aromatic carbocycles. The molecule has 5 nitrogen and oxygen atoms in total. The van der Waals surface area contributed by atoms with E-state index in [0.29, 0.717) is 13.1 Å². The SMILES string of the molecule is COC(=O)[C@@H](C)NC(=O)C1(C)CNC1. The topological polar surface area (TPSA) is 67.4 Å². The lowest BCUT2D eigenvalue weighted by Crippen LogP contribution is -2.61. The van der Waals surface area contributed by atoms with Gasteiger partial charge in [0, 0.05) is 13.1 Å². The van der Waals surface area contributed by atoms with E-state index >= 15 is 0 Å². The first-order valence-corrected chi connectivity index (χ1v) is 4.59. The second-order valence-corrected chi connectivity index (χ2v) is 3.88. The summed E-state index contributed by atoms with van der Waals surface area (Å²) in [5.41, 5.74) is -0.373. The van der Waals surface area contributed by atoms with Gasteiger partial charge in [0.2, 0.25) is 5.91 Å². The summed E-state index contributed by atoms with van der Waals surface area (Å²) in [6, 6.07) is -0.579. The van der Waals surface area contributed by atoms with Crippen molar-refractivity contribution in [3.63, 3.8) is 0 Å². The number of ether oxygens (including phenoxy) is 1. The van der Waals surface area contributed by atoms with Crippen LogP contribution in [0.1, 0.15) is 13.8 Å². The molecule has 2 N–H and O–H groups in total. The van der Waals surface area contributed by atoms with Gasteiger partial charge in [-0.15, -0.1) is 0 Å². The fourth-order valence-electron chi connectivity index (χ4n) is 1.27. The maximum atomic E-state index is 11.6. The second kappa shape index (κ2) is 3.96. The third kappa shape index (κ3) is 2.04. The van der Waals surface area contributed by atoms with Crippen molar-refractivity contribution in [3.05, 3.63) is 0 Å². The molecule has 1 aliphatic heterocycles. The summed E-state index contributed by atoms with van der Waals surface area (Å²) in [6.07, 6.45) is 0. The zero-order valence-corrected chi connectivity index (χ0v) is 8.72. The Morgan fingerprint density at radius 2 is 2.07 bits per heavy atom. The highest BCUT2D eigenvalue weighted by Crippen LogP contribution is 2.21. The molecular weight excluding hydrogens is 184 g/mol. The molecule has 14 heavy (non-hydrogen) atoms. The number of methoxy groups -OCH3 is 1. The summed E-state index contributed by atoms with van der Waals surface area (Å²) in [5.74, 6) is -0.525. The van der Waals surface area contributed by atoms with Crippen molar-refractivity contribution in [2.45, 2.75) is 19.9 Å². The molecule has 0 unspecified atom stereocenters. The van der Waals surface area contributed by atoms with Crippen LogP contribution < -0.4 is 10.6 Å². The summed E-state index contributed by atoms with van der Waals surface area (Å²) in [5, 5.41) is 5.64. The average molecular weight is 200 g/mol. The Morgan fingerprint density at radius 1 is 1.50 bits per heavy atom. The number of carbonyl (C=O) groups excluding carboxylic acids is 2. The maximum absolute atomic E-state index is 11.6. The van der Waals surface area contributed by atoms with Crippen LogP contribution in [0.15, 0.2) is 0 Å². The van der Waals surface area contributed by atoms with Crippen LogP contribution in [0.4, 0.5) is 0 Å². The van der Waals surface area contributed by atoms with Crippen molar-refractivity contribution in [1.82, 2.24) is 10.6 Å². The fraction of sp³-hybridized carbons (Fsp3) is 0.778. The molecule has 1 heterocycles. The normalized spacial score (nSPS) is 20.5. The van der Waals surface area contributed by atoms with Gasteiger partial charge >= 0.3 is 5.97 Å². The van der Waals surface area contributed by atoms with Gasteiger partial charge in [0.1, 0.15) is 6.04 Å². The summed E-state index contributed by atoms with van der Waals surface area (Å²) < 4.78 is 4.51. The first kappa shape index (κ1) is 11.0. The Labute approximate surface area is 83.2 Å². The van der Waals surface area contributed by atoms with Crippen molar-refractivity contribution in [2.75, 3.05) is 20.2 Å². The third-order valence-electron chi connectivity index (χ3n) is 2.48. The zero-order chi connectivity index (χ0) is 10.8. The summed E-state index contributed by atoms with van der Waals surface area (Å²) in [7, 11) is 1.30. The highest BCUT2D eigenvalue weighted by molar-refractivity contribution is 5.88. The number of hydrogen-bond donors (Lipinski definition) is 2. The molecule has 80 valence electrons. The predicted molar refractivity (Wildman–Crippen MR) is 50.6 cm³/mol. The largest absolute Gasteiger partial charge is 0.467 e. The van der Waals surface area contributed by atoms with E-state index in [9.17, 15) is 9.59 Å². The van der Waals surface area contributed by atoms with E-state index < -0.39 is 12.0 Å². The summed E-state index contributed by atoms with van der Waals surface area (Å²) in [4.78, 5) is 22.6. The van der Waals surface area contributed by atoms with E-state index in [0.717, 1.165) is 0 Å². The number of amides is 1. The van der Waals surface area contributed by atoms with Crippen molar-refractivity contribution < 1.29 is 14.3 Å². The number of carbonyl (C=O) groups is 2. The quantitative estimate of drug-likeness (QED) is 0.590. The van der Waals surface area contributed by atoms with Crippen LogP contribution in [0.25, 0.3) is 0 Å². The van der Waals surface area contributed by atoms with Crippen LogP contribution in [-0.2, 0) is 14.3 Å². The highest BCUT2D eigenvalue weighted by Gasteiger charge is 2.40. The van der Waals surface area contributed by atoms with Gasteiger partial charge in [-0.1, -0.05) is 0 Å². The molecule has 1 saturated heterocycles. The first-order chi connectivity index (χ1) is 6.49. The molecule has 5 heteroatoms. The van der Waals surface area contributed by atoms with Gasteiger partial charge in [-0.05, 0) is 13.8 Å². The van der Waals surface area contributed by atoms with Crippen molar-refractivity contribution in [1.29, 1.82) is 0 Å². The third-order valence-corrected chi connectivity index (χ3v) is 2.48. The monoisotopic (exact) mass is 200 g/mol. The van der Waals surface area contributed by atoms with Gasteiger partial charge in [-0.3, -0.25) is 4.79 Å². The van der Waals surface area contributed by atoms with Gasteiger partial charge < -0.3 is 15.4 Å². The molecule has 0 aromatic rings. The van der Waals surface area contributed by atoms with Gasteiger partial charge in [0.25, 0.3) is 0 Å². The maximum Gasteiger partial charge on any atom is 0.328 e. The van der Waals surface area contributed by atoms with Crippen LogP contribution in [0.5, 0.6) is 0 Å². The smallest absolute Gasteiger partial charge is 0.328 e. The van der Waals surface area contributed by atoms with E-state index in [4.69, 9.17) is 0 Å². The van der Waals surface area contributed by atoms with Gasteiger partial charge in [-0.25, -0.2) is 4.79 Å². The van der Waals surface area contributed by atoms with E-state index in [1.165, 1.54) is 7.11 Å². The van der Waals surface area contributed by atoms with E-state index in [1.807, 2.05) is 6.92 Å². The Morgan fingerprint density at radius 3 is 2.43 bits per heavy atom. The second-order valence-electron chi connectivity index (χ2n) is 3.88. The molecule has 1 fully saturated rings. The summed E-state index contributed by atoms with van der Waals surface area (Å²) >= 11 is 0. The van der Waals surface area contributed by atoms with Crippen molar-refractivity contribution in [3.8, 4) is 0 Å². The average Bonchev–Trinajstić information content (AvgIpc) is 2.12. The van der Waals surface area contributed by atoms with Gasteiger partial charge in [0.15, 0.2) is 0 Å². The van der Waals surface area contributed by atoms with Crippen LogP contribution in [0.2, 0.25) is 0 Å². The first-order valence-electron chi connectivity index (χ1n) is 4.59. The minimum absolute atomic E-state index is 0.103.